The first-order valence-electron chi connectivity index (χ1n) is 48.7. The van der Waals surface area contributed by atoms with Crippen molar-refractivity contribution in [2.45, 2.75) is 13.8 Å². The van der Waals surface area contributed by atoms with Gasteiger partial charge in [-0.15, -0.1) is 0 Å². The first kappa shape index (κ1) is 83.4. The number of para-hydroxylation sites is 6. The number of aromatic nitrogens is 9. The number of hydrogen-bond acceptors (Lipinski definition) is 6. The minimum absolute atomic E-state index is 0.936. The van der Waals surface area contributed by atoms with E-state index in [1.807, 2.05) is 0 Å². The van der Waals surface area contributed by atoms with Crippen LogP contribution in [-0.4, -0.2) is 43.6 Å². The zero-order chi connectivity index (χ0) is 94.7. The number of rotatable bonds is 11. The Balaban J connectivity index is 0.000000107. The monoisotopic (exact) mass is 1820 g/mol. The van der Waals surface area contributed by atoms with E-state index in [9.17, 15) is 0 Å². The SMILES string of the molecule is Cc1cc(-c2ccc3c(c2)c2ccccc2n3-c2ccccc2)c(C)cc1-c1ccc2c(c1)c1ccccc1c1nccnc21.c1ccc(-n2c3ccccc3c3cc(-c4ccccc4-c4ccc(-c5ccc6c(c5)c5ccccc5c5nccnc65)cc4)ccc32)cc1.c1ccc(-n2c3ccccc3c3cc(-c4ccccc4-c4ccccc4-c4ccc5c(c4)c4ccccc4c4nccnc54)ccc32)cc1. The predicted molar refractivity (Wildman–Crippen MR) is 600 cm³/mol. The number of hydrogen-bond donors (Lipinski definition) is 0. The molecule has 0 radical (unpaired) electrons. The van der Waals surface area contributed by atoms with Crippen LogP contribution in [-0.2, 0) is 0 Å². The van der Waals surface area contributed by atoms with Crippen LogP contribution in [0.4, 0.5) is 0 Å². The van der Waals surface area contributed by atoms with Crippen LogP contribution >= 0.6 is 0 Å². The fourth-order valence-corrected chi connectivity index (χ4v) is 22.6. The Kier molecular flexibility index (Phi) is 20.2. The molecule has 0 saturated heterocycles. The van der Waals surface area contributed by atoms with Gasteiger partial charge in [0.05, 0.1) is 66.2 Å². The Morgan fingerprint density at radius 2 is 0.343 bits per heavy atom. The summed E-state index contributed by atoms with van der Waals surface area (Å²) < 4.78 is 7.10. The van der Waals surface area contributed by atoms with Crippen molar-refractivity contribution in [3.8, 4) is 106 Å². The zero-order valence-corrected chi connectivity index (χ0v) is 78.3. The van der Waals surface area contributed by atoms with Crippen LogP contribution in [0.15, 0.2) is 492 Å². The fourth-order valence-electron chi connectivity index (χ4n) is 22.6. The number of fused-ring (bicyclic) bond motifs is 27. The average Bonchev–Trinajstić information content (AvgIpc) is 1.72. The molecule has 9 nitrogen and oxygen atoms in total. The summed E-state index contributed by atoms with van der Waals surface area (Å²) in [4.78, 5) is 28.3. The largest absolute Gasteiger partial charge is 0.309 e. The molecule has 0 aliphatic rings. The quantitative estimate of drug-likeness (QED) is 0.120. The minimum Gasteiger partial charge on any atom is -0.309 e. The fraction of sp³-hybridized carbons (Fsp3) is 0.0149. The molecule has 0 unspecified atom stereocenters. The highest BCUT2D eigenvalue weighted by Gasteiger charge is 2.24. The topological polar surface area (TPSA) is 92.1 Å². The summed E-state index contributed by atoms with van der Waals surface area (Å²) in [5.74, 6) is 0. The van der Waals surface area contributed by atoms with Crippen molar-refractivity contribution in [2.24, 2.45) is 0 Å². The standard InChI is InChI=1S/2C46H29N3.C42H29N3/c1-2-12-32(13-3-1)49-43-21-11-10-19-38(43)42-29-31(23-25-44(42)49)34-15-5-7-17-36(34)35-16-6-4-14-33(35)30-22-24-40-41(28-30)37-18-8-9-20-39(37)45-46(40)48-27-26-47-45;1-2-10-34(11-3-1)49-43-17-9-8-15-38(43)42-29-33(23-25-44(42)49)36-13-5-4-12-35(36)31-20-18-30(19-21-31)32-22-24-40-41(28-32)37-14-6-7-16-39(37)45-46(40)48-27-26-47-45;1-26-23-36(29-17-19-40-38(25-29)32-13-8-9-15-39(32)45(40)30-10-4-3-5-11-30)27(2)22-35(26)28-16-18-34-37(24-28)31-12-6-7-14-33(31)41-42(34)44-21-20-43-41/h2*1-29H;3-25H,1-2H3. The number of benzene rings is 23. The van der Waals surface area contributed by atoms with Crippen molar-refractivity contribution < 1.29 is 0 Å². The average molecular weight is 1820 g/mol. The molecule has 6 aromatic heterocycles. The normalized spacial score (nSPS) is 11.7. The van der Waals surface area contributed by atoms with Gasteiger partial charge in [0.2, 0.25) is 0 Å². The van der Waals surface area contributed by atoms with Crippen LogP contribution in [0.1, 0.15) is 11.1 Å². The summed E-state index contributed by atoms with van der Waals surface area (Å²) in [6.45, 7) is 4.46. The predicted octanol–water partition coefficient (Wildman–Crippen LogP) is 35.1. The second-order valence-electron chi connectivity index (χ2n) is 37.1. The Morgan fingerprint density at radius 3 is 0.671 bits per heavy atom. The molecule has 0 aliphatic carbocycles. The lowest BCUT2D eigenvalue weighted by molar-refractivity contribution is 1.18. The van der Waals surface area contributed by atoms with Gasteiger partial charge in [0.1, 0.15) is 0 Å². The maximum Gasteiger partial charge on any atom is 0.0971 e. The van der Waals surface area contributed by atoms with Crippen LogP contribution in [0.5, 0.6) is 0 Å². The summed E-state index contributed by atoms with van der Waals surface area (Å²) in [5.41, 5.74) is 38.3. The smallest absolute Gasteiger partial charge is 0.0971 e. The van der Waals surface area contributed by atoms with Crippen molar-refractivity contribution in [2.75, 3.05) is 0 Å². The molecular formula is C134H87N9. The maximum atomic E-state index is 4.77. The summed E-state index contributed by atoms with van der Waals surface area (Å²) >= 11 is 0. The van der Waals surface area contributed by atoms with Crippen LogP contribution in [0, 0.1) is 13.8 Å². The van der Waals surface area contributed by atoms with Crippen LogP contribution in [0.25, 0.3) is 269 Å². The Bertz CT molecular complexity index is 10100. The molecular weight excluding hydrogens is 1740 g/mol. The molecule has 0 spiro atoms. The van der Waals surface area contributed by atoms with E-state index in [4.69, 9.17) is 24.9 Å². The minimum atomic E-state index is 0.936. The van der Waals surface area contributed by atoms with Crippen molar-refractivity contribution >= 4 is 163 Å². The Hall–Kier alpha value is -19.0. The highest BCUT2D eigenvalue weighted by Crippen LogP contribution is 2.48. The highest BCUT2D eigenvalue weighted by molar-refractivity contribution is 6.27. The van der Waals surface area contributed by atoms with E-state index < -0.39 is 0 Å². The van der Waals surface area contributed by atoms with Gasteiger partial charge in [-0.1, -0.05) is 346 Å². The van der Waals surface area contributed by atoms with Gasteiger partial charge in [-0.25, -0.2) is 0 Å². The molecule has 0 saturated carbocycles. The van der Waals surface area contributed by atoms with Gasteiger partial charge in [-0.05, 0) is 256 Å². The molecule has 23 aromatic carbocycles. The first-order valence-corrected chi connectivity index (χ1v) is 48.7. The molecule has 0 atom stereocenters. The van der Waals surface area contributed by atoms with E-state index in [1.165, 1.54) is 215 Å². The summed E-state index contributed by atoms with van der Waals surface area (Å²) in [5, 5.41) is 21.5. The van der Waals surface area contributed by atoms with Crippen LogP contribution in [0.2, 0.25) is 0 Å². The third kappa shape index (κ3) is 14.1. The second kappa shape index (κ2) is 34.6. The first-order chi connectivity index (χ1) is 70.8. The molecule has 143 heavy (non-hydrogen) atoms. The maximum absolute atomic E-state index is 4.77. The molecule has 0 N–H and O–H groups in total. The lowest BCUT2D eigenvalue weighted by atomic mass is 9.88. The Labute approximate surface area is 824 Å². The van der Waals surface area contributed by atoms with Gasteiger partial charge < -0.3 is 13.7 Å². The molecule has 668 valence electrons. The molecule has 29 aromatic rings. The molecule has 0 aliphatic heterocycles. The lowest BCUT2D eigenvalue weighted by Crippen LogP contribution is -1.93. The molecule has 9 heteroatoms. The lowest BCUT2D eigenvalue weighted by Gasteiger charge is -2.16. The van der Waals surface area contributed by atoms with Crippen molar-refractivity contribution in [3.05, 3.63) is 503 Å². The molecule has 0 fully saturated rings. The van der Waals surface area contributed by atoms with Crippen molar-refractivity contribution in [3.63, 3.8) is 0 Å². The van der Waals surface area contributed by atoms with Crippen LogP contribution in [0.3, 0.4) is 0 Å². The summed E-state index contributed by atoms with van der Waals surface area (Å²) in [6, 6.07) is 165. The van der Waals surface area contributed by atoms with Gasteiger partial charge in [0.15, 0.2) is 0 Å². The van der Waals surface area contributed by atoms with E-state index in [2.05, 4.69) is 488 Å². The zero-order valence-electron chi connectivity index (χ0n) is 78.3. The number of aryl methyl sites for hydroxylation is 2. The van der Waals surface area contributed by atoms with E-state index in [1.54, 1.807) is 37.2 Å². The molecule has 0 bridgehead atoms. The third-order valence-electron chi connectivity index (χ3n) is 29.1. The second-order valence-corrected chi connectivity index (χ2v) is 37.1. The molecule has 0 amide bonds. The van der Waals surface area contributed by atoms with E-state index in [0.29, 0.717) is 0 Å². The van der Waals surface area contributed by atoms with Gasteiger partial charge in [0.25, 0.3) is 0 Å². The molecule has 6 heterocycles. The number of nitrogens with zero attached hydrogens (tertiary/aromatic N) is 9. The highest BCUT2D eigenvalue weighted by atomic mass is 15.0. The van der Waals surface area contributed by atoms with Crippen molar-refractivity contribution in [1.29, 1.82) is 0 Å². The van der Waals surface area contributed by atoms with E-state index in [-0.39, 0.29) is 0 Å². The van der Waals surface area contributed by atoms with Crippen LogP contribution < -0.4 is 0 Å². The van der Waals surface area contributed by atoms with Crippen molar-refractivity contribution in [1.82, 2.24) is 43.6 Å². The van der Waals surface area contributed by atoms with Gasteiger partial charge in [-0.3, -0.25) is 29.9 Å². The van der Waals surface area contributed by atoms with Gasteiger partial charge in [-0.2, -0.15) is 0 Å². The summed E-state index contributed by atoms with van der Waals surface area (Å²) in [6.07, 6.45) is 10.7. The van der Waals surface area contributed by atoms with E-state index in [0.717, 1.165) is 65.4 Å². The van der Waals surface area contributed by atoms with E-state index >= 15 is 0 Å². The molecule has 29 rings (SSSR count). The third-order valence-corrected chi connectivity index (χ3v) is 29.1. The Morgan fingerprint density at radius 1 is 0.133 bits per heavy atom. The van der Waals surface area contributed by atoms with Gasteiger partial charge in [0, 0.05) is 119 Å². The van der Waals surface area contributed by atoms with Gasteiger partial charge >= 0.3 is 0 Å². The summed E-state index contributed by atoms with van der Waals surface area (Å²) in [7, 11) is 0.